The molecule has 0 bridgehead atoms. The number of benzene rings is 1. The van der Waals surface area contributed by atoms with Crippen molar-refractivity contribution in [3.8, 4) is 0 Å². The molecule has 0 atom stereocenters. The number of hydrogen-bond acceptors (Lipinski definition) is 4. The Balaban J connectivity index is 1.96. The summed E-state index contributed by atoms with van der Waals surface area (Å²) in [6.07, 6.45) is 1.63. The first kappa shape index (κ1) is 18.1. The fourth-order valence-electron chi connectivity index (χ4n) is 1.99. The molecule has 3 nitrogen and oxygen atoms in total. The van der Waals surface area contributed by atoms with Gasteiger partial charge >= 0.3 is 0 Å². The van der Waals surface area contributed by atoms with Crippen LogP contribution in [0.1, 0.15) is 26.3 Å². The van der Waals surface area contributed by atoms with Gasteiger partial charge in [0, 0.05) is 28.7 Å². The van der Waals surface area contributed by atoms with Crippen LogP contribution >= 0.6 is 23.5 Å². The molecule has 1 aliphatic heterocycles. The average molecular weight is 350 g/mol. The van der Waals surface area contributed by atoms with Crippen molar-refractivity contribution in [1.29, 1.82) is 0 Å². The van der Waals surface area contributed by atoms with Crippen molar-refractivity contribution in [3.05, 3.63) is 40.9 Å². The van der Waals surface area contributed by atoms with Crippen molar-refractivity contribution in [2.75, 3.05) is 18.1 Å². The molecule has 1 fully saturated rings. The van der Waals surface area contributed by atoms with E-state index in [-0.39, 0.29) is 11.7 Å². The molecule has 1 saturated heterocycles. The Hall–Kier alpha value is -1.20. The van der Waals surface area contributed by atoms with Crippen molar-refractivity contribution in [1.82, 2.24) is 4.90 Å². The van der Waals surface area contributed by atoms with Gasteiger partial charge in [0.1, 0.15) is 0 Å². The Morgan fingerprint density at radius 1 is 1.30 bits per heavy atom. The summed E-state index contributed by atoms with van der Waals surface area (Å²) in [7, 11) is 0. The van der Waals surface area contributed by atoms with E-state index in [0.717, 1.165) is 10.8 Å². The van der Waals surface area contributed by atoms with Gasteiger partial charge in [-0.3, -0.25) is 9.59 Å². The molecule has 1 aromatic carbocycles. The number of nitrogens with zero attached hydrogens (tertiary/aromatic N) is 1. The van der Waals surface area contributed by atoms with Crippen molar-refractivity contribution in [2.45, 2.75) is 32.6 Å². The second kappa shape index (κ2) is 7.58. The lowest BCUT2D eigenvalue weighted by Gasteiger charge is -2.19. The van der Waals surface area contributed by atoms with Gasteiger partial charge in [0.15, 0.2) is 5.78 Å². The maximum atomic E-state index is 12.2. The maximum absolute atomic E-state index is 12.2. The Bertz CT molecular complexity index is 615. The van der Waals surface area contributed by atoms with Crippen LogP contribution in [0.3, 0.4) is 0 Å². The third-order valence-electron chi connectivity index (χ3n) is 3.51. The molecule has 124 valence electrons. The number of carbonyl (C=O) groups is 2. The van der Waals surface area contributed by atoms with Crippen LogP contribution in [0.15, 0.2) is 40.3 Å². The van der Waals surface area contributed by atoms with Gasteiger partial charge in [0.05, 0.1) is 10.8 Å². The summed E-state index contributed by atoms with van der Waals surface area (Å²) in [4.78, 5) is 27.2. The number of hydrogen-bond donors (Lipinski definition) is 0. The van der Waals surface area contributed by atoms with Gasteiger partial charge in [-0.15, -0.1) is 11.8 Å². The Morgan fingerprint density at radius 3 is 2.57 bits per heavy atom. The molecule has 0 N–H and O–H groups in total. The second-order valence-electron chi connectivity index (χ2n) is 6.59. The molecular weight excluding hydrogens is 326 g/mol. The molecule has 23 heavy (non-hydrogen) atoms. The highest BCUT2D eigenvalue weighted by molar-refractivity contribution is 8.04. The molecule has 1 aliphatic rings. The van der Waals surface area contributed by atoms with E-state index in [2.05, 4.69) is 31.2 Å². The lowest BCUT2D eigenvalue weighted by molar-refractivity contribution is -0.125. The van der Waals surface area contributed by atoms with Crippen LogP contribution in [0.25, 0.3) is 0 Å². The van der Waals surface area contributed by atoms with Gasteiger partial charge in [0.25, 0.3) is 0 Å². The number of rotatable bonds is 5. The molecule has 0 saturated carbocycles. The lowest BCUT2D eigenvalue weighted by atomic mass is 9.91. The van der Waals surface area contributed by atoms with Gasteiger partial charge in [-0.1, -0.05) is 50.2 Å². The Labute approximate surface area is 146 Å². The predicted octanol–water partition coefficient (Wildman–Crippen LogP) is 4.12. The second-order valence-corrected chi connectivity index (χ2v) is 8.76. The van der Waals surface area contributed by atoms with Crippen LogP contribution in [0.5, 0.6) is 0 Å². The normalized spacial score (nSPS) is 17.1. The quantitative estimate of drug-likeness (QED) is 0.592. The largest absolute Gasteiger partial charge is 0.305 e. The molecule has 0 aliphatic carbocycles. The molecule has 5 heteroatoms. The molecule has 2 rings (SSSR count). The van der Waals surface area contributed by atoms with E-state index in [9.17, 15) is 9.59 Å². The zero-order valence-electron chi connectivity index (χ0n) is 14.1. The molecular formula is C18H23NO2S2. The summed E-state index contributed by atoms with van der Waals surface area (Å²) in [6, 6.07) is 8.37. The first-order chi connectivity index (χ1) is 10.8. The van der Waals surface area contributed by atoms with Crippen molar-refractivity contribution < 1.29 is 9.59 Å². The smallest absolute Gasteiger partial charge is 0.237 e. The minimum Gasteiger partial charge on any atom is -0.305 e. The first-order valence-electron chi connectivity index (χ1n) is 7.66. The third-order valence-corrected chi connectivity index (χ3v) is 5.53. The van der Waals surface area contributed by atoms with Crippen molar-refractivity contribution in [3.63, 3.8) is 0 Å². The fourth-order valence-corrected chi connectivity index (χ4v) is 3.79. The summed E-state index contributed by atoms with van der Waals surface area (Å²) >= 11 is 3.19. The summed E-state index contributed by atoms with van der Waals surface area (Å²) in [5, 5.41) is 0.791. The van der Waals surface area contributed by atoms with Gasteiger partial charge in [0.2, 0.25) is 5.91 Å². The van der Waals surface area contributed by atoms with E-state index >= 15 is 0 Å². The topological polar surface area (TPSA) is 37.4 Å². The van der Waals surface area contributed by atoms with Crippen LogP contribution in [0.4, 0.5) is 0 Å². The number of aryl methyl sites for hydroxylation is 1. The Kier molecular flexibility index (Phi) is 5.98. The van der Waals surface area contributed by atoms with E-state index in [0.29, 0.717) is 12.3 Å². The zero-order valence-corrected chi connectivity index (χ0v) is 15.7. The van der Waals surface area contributed by atoms with E-state index in [4.69, 9.17) is 0 Å². The molecule has 1 heterocycles. The van der Waals surface area contributed by atoms with Crippen molar-refractivity contribution in [2.24, 2.45) is 5.41 Å². The van der Waals surface area contributed by atoms with E-state index < -0.39 is 5.41 Å². The predicted molar refractivity (Wildman–Crippen MR) is 98.6 cm³/mol. The molecule has 1 amide bonds. The molecule has 0 unspecified atom stereocenters. The van der Waals surface area contributed by atoms with Gasteiger partial charge in [-0.25, -0.2) is 0 Å². The SMILES string of the molecule is Cc1ccc(SCCN2C(=O)CS/C2=C\C(=O)C(C)(C)C)cc1. The summed E-state index contributed by atoms with van der Waals surface area (Å²) in [5.74, 6) is 1.40. The number of allylic oxidation sites excluding steroid dienone is 1. The number of amides is 1. The average Bonchev–Trinajstić information content (AvgIpc) is 2.81. The van der Waals surface area contributed by atoms with E-state index in [1.54, 1.807) is 22.7 Å². The van der Waals surface area contributed by atoms with Crippen LogP contribution in [-0.2, 0) is 9.59 Å². The van der Waals surface area contributed by atoms with Crippen LogP contribution in [-0.4, -0.2) is 34.6 Å². The maximum Gasteiger partial charge on any atom is 0.237 e. The van der Waals surface area contributed by atoms with Crippen LogP contribution in [0, 0.1) is 12.3 Å². The van der Waals surface area contributed by atoms with Crippen LogP contribution in [0.2, 0.25) is 0 Å². The first-order valence-corrected chi connectivity index (χ1v) is 9.63. The highest BCUT2D eigenvalue weighted by Crippen LogP contribution is 2.31. The van der Waals surface area contributed by atoms with E-state index in [1.165, 1.54) is 22.2 Å². The summed E-state index contributed by atoms with van der Waals surface area (Å²) < 4.78 is 0. The number of ketones is 1. The highest BCUT2D eigenvalue weighted by atomic mass is 32.2. The monoisotopic (exact) mass is 349 g/mol. The molecule has 0 spiro atoms. The molecule has 0 radical (unpaired) electrons. The lowest BCUT2D eigenvalue weighted by Crippen LogP contribution is -2.28. The highest BCUT2D eigenvalue weighted by Gasteiger charge is 2.29. The summed E-state index contributed by atoms with van der Waals surface area (Å²) in [5.41, 5.74) is 0.827. The number of carbonyl (C=O) groups excluding carboxylic acids is 2. The molecule has 0 aromatic heterocycles. The van der Waals surface area contributed by atoms with E-state index in [1.807, 2.05) is 20.8 Å². The minimum absolute atomic E-state index is 0.0610. The fraction of sp³-hybridized carbons (Fsp3) is 0.444. The third kappa shape index (κ3) is 5.15. The standard InChI is InChI=1S/C18H23NO2S2/c1-13-5-7-14(8-6-13)22-10-9-19-16(21)12-23-17(19)11-15(20)18(2,3)4/h5-8,11H,9-10,12H2,1-4H3/b17-11-. The number of thioether (sulfide) groups is 2. The Morgan fingerprint density at radius 2 is 1.96 bits per heavy atom. The van der Waals surface area contributed by atoms with Gasteiger partial charge in [-0.05, 0) is 19.1 Å². The minimum atomic E-state index is -0.415. The van der Waals surface area contributed by atoms with Crippen LogP contribution < -0.4 is 0 Å². The van der Waals surface area contributed by atoms with Crippen molar-refractivity contribution >= 4 is 35.2 Å². The zero-order chi connectivity index (χ0) is 17.0. The molecule has 1 aromatic rings. The van der Waals surface area contributed by atoms with Gasteiger partial charge in [-0.2, -0.15) is 0 Å². The summed E-state index contributed by atoms with van der Waals surface area (Å²) in [6.45, 7) is 8.38. The van der Waals surface area contributed by atoms with Gasteiger partial charge < -0.3 is 4.90 Å².